The maximum Gasteiger partial charge on any atom is 0.413 e. The highest BCUT2D eigenvalue weighted by Gasteiger charge is 2.21. The van der Waals surface area contributed by atoms with Crippen molar-refractivity contribution in [2.75, 3.05) is 7.11 Å². The summed E-state index contributed by atoms with van der Waals surface area (Å²) in [6.07, 6.45) is -0.826. The van der Waals surface area contributed by atoms with Crippen LogP contribution in [0.3, 0.4) is 0 Å². The first kappa shape index (κ1) is 16.9. The number of nitrogens with one attached hydrogen (secondary N) is 1. The van der Waals surface area contributed by atoms with Crippen molar-refractivity contribution in [1.29, 1.82) is 0 Å². The largest absolute Gasteiger partial charge is 0.453 e. The minimum atomic E-state index is -0.826. The van der Waals surface area contributed by atoms with Crippen LogP contribution >= 0.6 is 11.8 Å². The molecule has 1 N–H and O–H groups in total. The van der Waals surface area contributed by atoms with E-state index in [0.29, 0.717) is 16.5 Å². The van der Waals surface area contributed by atoms with Crippen molar-refractivity contribution in [3.8, 4) is 11.4 Å². The fraction of sp³-hybridized carbons (Fsp3) is 0.286. The Bertz CT molecular complexity index is 735. The van der Waals surface area contributed by atoms with Gasteiger partial charge in [-0.25, -0.2) is 9.18 Å². The van der Waals surface area contributed by atoms with Gasteiger partial charge < -0.3 is 9.30 Å². The summed E-state index contributed by atoms with van der Waals surface area (Å²) in [6.45, 7) is 1.61. The van der Waals surface area contributed by atoms with Gasteiger partial charge in [-0.3, -0.25) is 10.1 Å². The molecule has 2 aromatic rings. The Morgan fingerprint density at radius 3 is 2.70 bits per heavy atom. The maximum atomic E-state index is 13.8. The number of hydrogen-bond donors (Lipinski definition) is 1. The first-order chi connectivity index (χ1) is 10.9. The van der Waals surface area contributed by atoms with Crippen LogP contribution in [0.1, 0.15) is 6.92 Å². The number of hydrogen-bond acceptors (Lipinski definition) is 6. The Labute approximate surface area is 136 Å². The van der Waals surface area contributed by atoms with Crippen molar-refractivity contribution in [2.24, 2.45) is 7.05 Å². The van der Waals surface area contributed by atoms with Crippen LogP contribution in [0.2, 0.25) is 0 Å². The minimum absolute atomic E-state index is 0.320. The number of rotatable bonds is 4. The average Bonchev–Trinajstić information content (AvgIpc) is 2.88. The molecule has 0 saturated heterocycles. The lowest BCUT2D eigenvalue weighted by molar-refractivity contribution is -0.119. The number of thioether (sulfide) groups is 1. The summed E-state index contributed by atoms with van der Waals surface area (Å²) < 4.78 is 19.8. The lowest BCUT2D eigenvalue weighted by Gasteiger charge is -2.10. The predicted octanol–water partition coefficient (Wildman–Crippen LogP) is 1.98. The van der Waals surface area contributed by atoms with Gasteiger partial charge in [0.2, 0.25) is 5.91 Å². The van der Waals surface area contributed by atoms with Crippen LogP contribution in [0.25, 0.3) is 11.4 Å². The van der Waals surface area contributed by atoms with E-state index in [1.54, 1.807) is 36.7 Å². The van der Waals surface area contributed by atoms with E-state index in [2.05, 4.69) is 20.3 Å². The van der Waals surface area contributed by atoms with Gasteiger partial charge in [0.25, 0.3) is 0 Å². The van der Waals surface area contributed by atoms with Crippen LogP contribution in [0, 0.1) is 5.82 Å². The van der Waals surface area contributed by atoms with E-state index in [1.807, 2.05) is 0 Å². The second kappa shape index (κ2) is 7.23. The molecule has 0 bridgehead atoms. The molecule has 1 atom stereocenters. The number of halogens is 1. The zero-order chi connectivity index (χ0) is 17.0. The minimum Gasteiger partial charge on any atom is -0.453 e. The van der Waals surface area contributed by atoms with Crippen molar-refractivity contribution >= 4 is 23.8 Å². The number of alkyl carbamates (subject to hydrolysis) is 1. The van der Waals surface area contributed by atoms with E-state index in [-0.39, 0.29) is 0 Å². The van der Waals surface area contributed by atoms with E-state index in [9.17, 15) is 14.0 Å². The first-order valence-electron chi connectivity index (χ1n) is 6.63. The summed E-state index contributed by atoms with van der Waals surface area (Å²) in [5.41, 5.74) is 0.320. The van der Waals surface area contributed by atoms with Crippen molar-refractivity contribution in [3.05, 3.63) is 30.1 Å². The van der Waals surface area contributed by atoms with Crippen LogP contribution in [0.15, 0.2) is 29.4 Å². The lowest BCUT2D eigenvalue weighted by atomic mass is 10.2. The fourth-order valence-corrected chi connectivity index (χ4v) is 2.57. The molecule has 122 valence electrons. The third-order valence-electron chi connectivity index (χ3n) is 3.01. The molecule has 0 aliphatic heterocycles. The summed E-state index contributed by atoms with van der Waals surface area (Å²) in [5, 5.41) is 9.83. The molecule has 0 aliphatic carbocycles. The molecule has 1 aromatic carbocycles. The van der Waals surface area contributed by atoms with E-state index >= 15 is 0 Å². The molecule has 0 aliphatic rings. The molecular weight excluding hydrogens is 323 g/mol. The number of ether oxygens (including phenoxy) is 1. The Morgan fingerprint density at radius 2 is 2.04 bits per heavy atom. The number of nitrogens with zero attached hydrogens (tertiary/aromatic N) is 3. The summed E-state index contributed by atoms with van der Waals surface area (Å²) >= 11 is 1.10. The Kier molecular flexibility index (Phi) is 5.32. The van der Waals surface area contributed by atoms with Gasteiger partial charge >= 0.3 is 6.09 Å². The van der Waals surface area contributed by atoms with Crippen molar-refractivity contribution in [3.63, 3.8) is 0 Å². The summed E-state index contributed by atoms with van der Waals surface area (Å²) in [7, 11) is 2.85. The molecule has 1 heterocycles. The maximum absolute atomic E-state index is 13.8. The van der Waals surface area contributed by atoms with Crippen LogP contribution in [0.5, 0.6) is 0 Å². The number of imide groups is 1. The van der Waals surface area contributed by atoms with Crippen LogP contribution < -0.4 is 5.32 Å². The fourth-order valence-electron chi connectivity index (χ4n) is 1.76. The SMILES string of the molecule is COC(=O)NC(=O)[C@H](C)Sc1nnc(-c2ccccc2F)n1C. The van der Waals surface area contributed by atoms with Gasteiger partial charge in [0, 0.05) is 7.05 Å². The molecule has 7 nitrogen and oxygen atoms in total. The third kappa shape index (κ3) is 3.86. The number of benzene rings is 1. The number of carbonyl (C=O) groups excluding carboxylic acids is 2. The predicted molar refractivity (Wildman–Crippen MR) is 82.3 cm³/mol. The monoisotopic (exact) mass is 338 g/mol. The average molecular weight is 338 g/mol. The zero-order valence-electron chi connectivity index (χ0n) is 12.7. The van der Waals surface area contributed by atoms with E-state index in [1.165, 1.54) is 13.2 Å². The normalized spacial score (nSPS) is 11.8. The molecule has 23 heavy (non-hydrogen) atoms. The molecule has 2 rings (SSSR count). The summed E-state index contributed by atoms with van der Waals surface area (Å²) in [5.74, 6) is -0.570. The van der Waals surface area contributed by atoms with E-state index in [0.717, 1.165) is 11.8 Å². The smallest absolute Gasteiger partial charge is 0.413 e. The van der Waals surface area contributed by atoms with Crippen LogP contribution in [0.4, 0.5) is 9.18 Å². The topological polar surface area (TPSA) is 86.1 Å². The Morgan fingerprint density at radius 1 is 1.35 bits per heavy atom. The van der Waals surface area contributed by atoms with Gasteiger partial charge in [0.1, 0.15) is 5.82 Å². The molecule has 0 saturated carbocycles. The second-order valence-corrected chi connectivity index (χ2v) is 5.89. The first-order valence-corrected chi connectivity index (χ1v) is 7.51. The van der Waals surface area contributed by atoms with Crippen molar-refractivity contribution in [1.82, 2.24) is 20.1 Å². The number of amides is 2. The number of methoxy groups -OCH3 is 1. The van der Waals surface area contributed by atoms with Gasteiger partial charge in [-0.2, -0.15) is 0 Å². The highest BCUT2D eigenvalue weighted by atomic mass is 32.2. The molecular formula is C14H15FN4O3S. The van der Waals surface area contributed by atoms with Gasteiger partial charge in [-0.05, 0) is 19.1 Å². The lowest BCUT2D eigenvalue weighted by Crippen LogP contribution is -2.35. The van der Waals surface area contributed by atoms with Crippen LogP contribution in [-0.4, -0.2) is 39.1 Å². The summed E-state index contributed by atoms with van der Waals surface area (Å²) in [6, 6.07) is 6.22. The van der Waals surface area contributed by atoms with Crippen LogP contribution in [-0.2, 0) is 16.6 Å². The molecule has 1 aromatic heterocycles. The number of aromatic nitrogens is 3. The van der Waals surface area contributed by atoms with Crippen molar-refractivity contribution in [2.45, 2.75) is 17.3 Å². The zero-order valence-corrected chi connectivity index (χ0v) is 13.6. The molecule has 0 spiro atoms. The van der Waals surface area contributed by atoms with Gasteiger partial charge in [-0.15, -0.1) is 10.2 Å². The molecule has 9 heteroatoms. The van der Waals surface area contributed by atoms with Gasteiger partial charge in [0.05, 0.1) is 17.9 Å². The number of carbonyl (C=O) groups is 2. The van der Waals surface area contributed by atoms with Gasteiger partial charge in [-0.1, -0.05) is 23.9 Å². The highest BCUT2D eigenvalue weighted by molar-refractivity contribution is 8.00. The molecule has 0 radical (unpaired) electrons. The Hall–Kier alpha value is -2.42. The standard InChI is InChI=1S/C14H15FN4O3S/c1-8(12(20)16-14(21)22-3)23-13-18-17-11(19(13)2)9-6-4-5-7-10(9)15/h4-8H,1-3H3,(H,16,20,21)/t8-/m0/s1. The third-order valence-corrected chi connectivity index (χ3v) is 4.15. The molecule has 0 unspecified atom stereocenters. The molecule has 0 fully saturated rings. The van der Waals surface area contributed by atoms with E-state index in [4.69, 9.17) is 0 Å². The summed E-state index contributed by atoms with van der Waals surface area (Å²) in [4.78, 5) is 22.8. The quantitative estimate of drug-likeness (QED) is 0.858. The second-order valence-electron chi connectivity index (χ2n) is 4.59. The molecule has 2 amide bonds. The van der Waals surface area contributed by atoms with Gasteiger partial charge in [0.15, 0.2) is 11.0 Å². The Balaban J connectivity index is 2.15. The highest BCUT2D eigenvalue weighted by Crippen LogP contribution is 2.26. The van der Waals surface area contributed by atoms with Crippen molar-refractivity contribution < 1.29 is 18.7 Å². The van der Waals surface area contributed by atoms with E-state index < -0.39 is 23.1 Å².